The Morgan fingerprint density at radius 2 is 2.47 bits per heavy atom. The van der Waals surface area contributed by atoms with Gasteiger partial charge in [-0.25, -0.2) is 9.48 Å². The summed E-state index contributed by atoms with van der Waals surface area (Å²) in [6.07, 6.45) is 2.12. The predicted octanol–water partition coefficient (Wildman–Crippen LogP) is 0.260. The Kier molecular flexibility index (Phi) is 4.49. The average molecular weight is 268 g/mol. The number of aliphatic hydroxyl groups excluding tert-OH is 1. The Labute approximate surface area is 111 Å². The lowest BCUT2D eigenvalue weighted by atomic mass is 10.1. The number of methoxy groups -OCH3 is 1. The molecule has 1 saturated heterocycles. The third-order valence-electron chi connectivity index (χ3n) is 3.40. The molecule has 1 aliphatic rings. The highest BCUT2D eigenvalue weighted by Gasteiger charge is 2.29. The lowest BCUT2D eigenvalue weighted by molar-refractivity contribution is 0.0591. The average Bonchev–Trinajstić information content (AvgIpc) is 3.06. The number of aliphatic hydroxyl groups is 1. The molecule has 0 amide bonds. The number of rotatable bonds is 5. The van der Waals surface area contributed by atoms with E-state index in [-0.39, 0.29) is 11.7 Å². The van der Waals surface area contributed by atoms with Crippen molar-refractivity contribution in [3.63, 3.8) is 0 Å². The number of nitrogens with zero attached hydrogens (tertiary/aromatic N) is 3. The first-order valence-corrected chi connectivity index (χ1v) is 6.60. The fourth-order valence-electron chi connectivity index (χ4n) is 2.29. The van der Waals surface area contributed by atoms with Crippen molar-refractivity contribution in [1.82, 2.24) is 20.3 Å². The molecule has 1 aromatic rings. The number of hydrogen-bond donors (Lipinski definition) is 2. The third kappa shape index (κ3) is 2.93. The van der Waals surface area contributed by atoms with Crippen LogP contribution in [0.4, 0.5) is 0 Å². The van der Waals surface area contributed by atoms with Crippen molar-refractivity contribution in [3.05, 3.63) is 11.4 Å². The smallest absolute Gasteiger partial charge is 0.360 e. The molecule has 0 spiro atoms. The van der Waals surface area contributed by atoms with E-state index in [4.69, 9.17) is 4.74 Å². The summed E-state index contributed by atoms with van der Waals surface area (Å²) in [5, 5.41) is 21.0. The number of nitrogens with one attached hydrogen (secondary N) is 1. The number of carbonyl (C=O) groups excluding carboxylic acids is 1. The zero-order valence-electron chi connectivity index (χ0n) is 11.3. The highest BCUT2D eigenvalue weighted by Crippen LogP contribution is 2.25. The van der Waals surface area contributed by atoms with Crippen LogP contribution in [0.25, 0.3) is 0 Å². The molecule has 2 unspecified atom stereocenters. The molecule has 19 heavy (non-hydrogen) atoms. The van der Waals surface area contributed by atoms with E-state index in [1.165, 1.54) is 7.11 Å². The number of ether oxygens (including phenoxy) is 1. The first kappa shape index (κ1) is 14.0. The molecule has 0 saturated carbocycles. The van der Waals surface area contributed by atoms with Crippen LogP contribution in [0.5, 0.6) is 0 Å². The summed E-state index contributed by atoms with van der Waals surface area (Å²) in [6.45, 7) is 3.15. The van der Waals surface area contributed by atoms with Crippen molar-refractivity contribution in [2.45, 2.75) is 44.9 Å². The largest absolute Gasteiger partial charge is 0.464 e. The fourth-order valence-corrected chi connectivity index (χ4v) is 2.29. The molecule has 2 rings (SSSR count). The Morgan fingerprint density at radius 1 is 1.68 bits per heavy atom. The van der Waals surface area contributed by atoms with Gasteiger partial charge in [0.2, 0.25) is 0 Å². The molecule has 2 heterocycles. The minimum absolute atomic E-state index is 0.0492. The van der Waals surface area contributed by atoms with Gasteiger partial charge in [-0.2, -0.15) is 0 Å². The van der Waals surface area contributed by atoms with Gasteiger partial charge < -0.3 is 15.2 Å². The first-order valence-electron chi connectivity index (χ1n) is 6.60. The summed E-state index contributed by atoms with van der Waals surface area (Å²) in [6, 6.07) is 0.0492. The molecule has 7 heteroatoms. The topological polar surface area (TPSA) is 89.3 Å². The Morgan fingerprint density at radius 3 is 3.05 bits per heavy atom. The number of carbonyl (C=O) groups is 1. The summed E-state index contributed by atoms with van der Waals surface area (Å²) < 4.78 is 6.35. The van der Waals surface area contributed by atoms with E-state index >= 15 is 0 Å². The van der Waals surface area contributed by atoms with Gasteiger partial charge in [0, 0.05) is 0 Å². The zero-order chi connectivity index (χ0) is 13.8. The highest BCUT2D eigenvalue weighted by molar-refractivity contribution is 5.88. The van der Waals surface area contributed by atoms with Crippen molar-refractivity contribution >= 4 is 5.97 Å². The maximum absolute atomic E-state index is 11.7. The fraction of sp³-hybridized carbons (Fsp3) is 0.750. The van der Waals surface area contributed by atoms with Gasteiger partial charge in [0.25, 0.3) is 0 Å². The van der Waals surface area contributed by atoms with Crippen molar-refractivity contribution in [3.8, 4) is 0 Å². The number of aromatic nitrogens is 3. The molecule has 1 aromatic heterocycles. The molecule has 106 valence electrons. The summed E-state index contributed by atoms with van der Waals surface area (Å²) in [5.41, 5.74) is 0.960. The third-order valence-corrected chi connectivity index (χ3v) is 3.40. The van der Waals surface area contributed by atoms with Crippen LogP contribution in [0.15, 0.2) is 0 Å². The molecule has 2 N–H and O–H groups in total. The first-order chi connectivity index (χ1) is 9.17. The van der Waals surface area contributed by atoms with Crippen LogP contribution in [0.1, 0.15) is 48.4 Å². The second-order valence-corrected chi connectivity index (χ2v) is 4.71. The summed E-state index contributed by atoms with van der Waals surface area (Å²) in [4.78, 5) is 11.7. The van der Waals surface area contributed by atoms with Crippen molar-refractivity contribution in [1.29, 1.82) is 0 Å². The minimum atomic E-state index is -0.493. The Hall–Kier alpha value is -1.47. The van der Waals surface area contributed by atoms with E-state index in [0.717, 1.165) is 25.1 Å². The van der Waals surface area contributed by atoms with Crippen molar-refractivity contribution in [2.75, 3.05) is 13.7 Å². The maximum atomic E-state index is 11.7. The van der Waals surface area contributed by atoms with Gasteiger partial charge >= 0.3 is 5.97 Å². The number of hydrogen-bond acceptors (Lipinski definition) is 6. The van der Waals surface area contributed by atoms with Crippen LogP contribution in [0.2, 0.25) is 0 Å². The standard InChI is InChI=1S/C12H20N4O3/c1-3-8(17)7-16-11(9-5-4-6-13-9)10(14-15-16)12(18)19-2/h8-9,13,17H,3-7H2,1-2H3. The predicted molar refractivity (Wildman–Crippen MR) is 67.6 cm³/mol. The quantitative estimate of drug-likeness (QED) is 0.745. The van der Waals surface area contributed by atoms with Gasteiger partial charge in [-0.15, -0.1) is 5.10 Å². The molecule has 1 fully saturated rings. The molecule has 0 aliphatic carbocycles. The highest BCUT2D eigenvalue weighted by atomic mass is 16.5. The van der Waals surface area contributed by atoms with E-state index in [2.05, 4.69) is 15.6 Å². The van der Waals surface area contributed by atoms with Gasteiger partial charge in [0.05, 0.1) is 31.5 Å². The van der Waals surface area contributed by atoms with E-state index < -0.39 is 12.1 Å². The Bertz CT molecular complexity index is 440. The lowest BCUT2D eigenvalue weighted by Crippen LogP contribution is -2.24. The van der Waals surface area contributed by atoms with E-state index in [9.17, 15) is 9.90 Å². The molecule has 2 atom stereocenters. The van der Waals surface area contributed by atoms with Gasteiger partial charge in [-0.3, -0.25) is 0 Å². The van der Waals surface area contributed by atoms with Crippen molar-refractivity contribution < 1.29 is 14.6 Å². The van der Waals surface area contributed by atoms with Crippen LogP contribution < -0.4 is 5.32 Å². The molecule has 0 bridgehead atoms. The maximum Gasteiger partial charge on any atom is 0.360 e. The molecule has 7 nitrogen and oxygen atoms in total. The van der Waals surface area contributed by atoms with Crippen LogP contribution in [-0.4, -0.2) is 45.8 Å². The van der Waals surface area contributed by atoms with Gasteiger partial charge in [-0.05, 0) is 25.8 Å². The van der Waals surface area contributed by atoms with Gasteiger partial charge in [-0.1, -0.05) is 12.1 Å². The normalized spacial score (nSPS) is 20.5. The lowest BCUT2D eigenvalue weighted by Gasteiger charge is -2.15. The monoisotopic (exact) mass is 268 g/mol. The van der Waals surface area contributed by atoms with Crippen LogP contribution in [0, 0.1) is 0 Å². The second kappa shape index (κ2) is 6.12. The van der Waals surface area contributed by atoms with Gasteiger partial charge in [0.1, 0.15) is 0 Å². The van der Waals surface area contributed by atoms with Gasteiger partial charge in [0.15, 0.2) is 5.69 Å². The Balaban J connectivity index is 2.31. The SMILES string of the molecule is CCC(O)Cn1nnc(C(=O)OC)c1C1CCCN1. The van der Waals surface area contributed by atoms with E-state index in [1.54, 1.807) is 4.68 Å². The summed E-state index contributed by atoms with van der Waals surface area (Å²) in [7, 11) is 1.33. The molecular formula is C12H20N4O3. The van der Waals surface area contributed by atoms with E-state index in [0.29, 0.717) is 13.0 Å². The molecule has 0 radical (unpaired) electrons. The van der Waals surface area contributed by atoms with Crippen LogP contribution in [-0.2, 0) is 11.3 Å². The van der Waals surface area contributed by atoms with Crippen LogP contribution >= 0.6 is 0 Å². The molecule has 1 aliphatic heterocycles. The van der Waals surface area contributed by atoms with E-state index in [1.807, 2.05) is 6.92 Å². The van der Waals surface area contributed by atoms with Crippen LogP contribution in [0.3, 0.4) is 0 Å². The number of esters is 1. The van der Waals surface area contributed by atoms with Crippen molar-refractivity contribution in [2.24, 2.45) is 0 Å². The summed E-state index contributed by atoms with van der Waals surface area (Å²) >= 11 is 0. The minimum Gasteiger partial charge on any atom is -0.464 e. The molecule has 0 aromatic carbocycles. The summed E-state index contributed by atoms with van der Waals surface area (Å²) in [5.74, 6) is -0.485. The molecular weight excluding hydrogens is 248 g/mol. The zero-order valence-corrected chi connectivity index (χ0v) is 11.3. The second-order valence-electron chi connectivity index (χ2n) is 4.71.